The van der Waals surface area contributed by atoms with Crippen LogP contribution in [-0.2, 0) is 12.4 Å². The molecule has 0 spiro atoms. The molecule has 4 rings (SSSR count). The lowest BCUT2D eigenvalue weighted by Crippen LogP contribution is -2.46. The number of aromatic amines is 1. The normalized spacial score (nSPS) is 22.7. The van der Waals surface area contributed by atoms with Gasteiger partial charge >= 0.3 is 12.4 Å². The van der Waals surface area contributed by atoms with Crippen LogP contribution in [-0.4, -0.2) is 33.6 Å². The second kappa shape index (κ2) is 7.74. The molecule has 0 bridgehead atoms. The summed E-state index contributed by atoms with van der Waals surface area (Å²) >= 11 is 0. The summed E-state index contributed by atoms with van der Waals surface area (Å²) in [4.78, 5) is 9.91. The molecule has 3 unspecified atom stereocenters. The summed E-state index contributed by atoms with van der Waals surface area (Å²) in [7, 11) is 0. The molecule has 0 saturated carbocycles. The van der Waals surface area contributed by atoms with Gasteiger partial charge in [-0.1, -0.05) is 0 Å². The van der Waals surface area contributed by atoms with Gasteiger partial charge in [0.05, 0.1) is 17.4 Å². The van der Waals surface area contributed by atoms with E-state index in [4.69, 9.17) is 9.15 Å². The Kier molecular flexibility index (Phi) is 5.36. The van der Waals surface area contributed by atoms with E-state index in [0.29, 0.717) is 19.1 Å². The van der Waals surface area contributed by atoms with Crippen LogP contribution in [0.1, 0.15) is 42.8 Å². The molecule has 2 aromatic heterocycles. The molecular formula is C19H18F6N4O2. The highest BCUT2D eigenvalue weighted by Gasteiger charge is 2.38. The number of fused-ring (bicyclic) bond motifs is 1. The maximum atomic E-state index is 13.3. The smallest absolute Gasteiger partial charge is 0.436 e. The molecule has 1 aliphatic heterocycles. The fourth-order valence-electron chi connectivity index (χ4n) is 3.85. The van der Waals surface area contributed by atoms with E-state index in [1.807, 2.05) is 6.92 Å². The summed E-state index contributed by atoms with van der Waals surface area (Å²) in [5.74, 6) is -0.373. The first kappa shape index (κ1) is 21.5. The highest BCUT2D eigenvalue weighted by atomic mass is 19.4. The maximum absolute atomic E-state index is 13.3. The molecule has 1 aromatic carbocycles. The molecule has 1 aliphatic rings. The Morgan fingerprint density at radius 1 is 1.13 bits per heavy atom. The van der Waals surface area contributed by atoms with E-state index in [-0.39, 0.29) is 47.3 Å². The minimum atomic E-state index is -4.60. The van der Waals surface area contributed by atoms with E-state index in [2.05, 4.69) is 20.3 Å². The molecule has 168 valence electrons. The Balaban J connectivity index is 1.48. The quantitative estimate of drug-likeness (QED) is 0.556. The highest BCUT2D eigenvalue weighted by molar-refractivity contribution is 5.80. The number of nitrogens with zero attached hydrogens (tertiary/aromatic N) is 2. The third kappa shape index (κ3) is 4.63. The number of piperidine rings is 1. The second-order valence-electron chi connectivity index (χ2n) is 7.58. The number of alkyl halides is 6. The summed E-state index contributed by atoms with van der Waals surface area (Å²) in [6.45, 7) is 1.87. The minimum absolute atomic E-state index is 0.0103. The van der Waals surface area contributed by atoms with E-state index in [0.717, 1.165) is 6.07 Å². The van der Waals surface area contributed by atoms with Crippen molar-refractivity contribution in [2.24, 2.45) is 0 Å². The molecule has 1 fully saturated rings. The monoisotopic (exact) mass is 448 g/mol. The molecule has 6 nitrogen and oxygen atoms in total. The van der Waals surface area contributed by atoms with Gasteiger partial charge in [-0.15, -0.1) is 0 Å². The third-order valence-corrected chi connectivity index (χ3v) is 5.14. The van der Waals surface area contributed by atoms with Crippen LogP contribution in [0.15, 0.2) is 29.1 Å². The minimum Gasteiger partial charge on any atom is -0.492 e. The Bertz CT molecular complexity index is 1060. The lowest BCUT2D eigenvalue weighted by atomic mass is 9.88. The summed E-state index contributed by atoms with van der Waals surface area (Å²) in [6, 6.07) is 1.91. The first-order valence-electron chi connectivity index (χ1n) is 9.46. The van der Waals surface area contributed by atoms with Gasteiger partial charge in [0.15, 0.2) is 11.6 Å². The number of ether oxygens (including phenoxy) is 1. The Morgan fingerprint density at radius 3 is 2.58 bits per heavy atom. The van der Waals surface area contributed by atoms with Crippen molar-refractivity contribution in [2.75, 3.05) is 6.61 Å². The van der Waals surface area contributed by atoms with E-state index < -0.39 is 23.6 Å². The fraction of sp³-hybridized carbons (Fsp3) is 0.474. The molecule has 0 amide bonds. The lowest BCUT2D eigenvalue weighted by Gasteiger charge is -2.33. The van der Waals surface area contributed by atoms with Crippen molar-refractivity contribution in [3.8, 4) is 5.75 Å². The van der Waals surface area contributed by atoms with Gasteiger partial charge in [-0.05, 0) is 25.8 Å². The van der Waals surface area contributed by atoms with Crippen LogP contribution in [0.4, 0.5) is 26.3 Å². The van der Waals surface area contributed by atoms with Crippen LogP contribution in [0.5, 0.6) is 5.75 Å². The molecule has 3 atom stereocenters. The number of benzene rings is 1. The van der Waals surface area contributed by atoms with Crippen molar-refractivity contribution in [1.82, 2.24) is 20.3 Å². The van der Waals surface area contributed by atoms with Crippen molar-refractivity contribution < 1.29 is 35.5 Å². The zero-order valence-electron chi connectivity index (χ0n) is 16.1. The molecule has 31 heavy (non-hydrogen) atoms. The van der Waals surface area contributed by atoms with E-state index >= 15 is 0 Å². The molecule has 0 radical (unpaired) electrons. The molecule has 12 heteroatoms. The standard InChI is InChI=1S/C19H18F6N4O2/c1-9-2-10(17-29-15(7-31-17)19(23,24)25)3-11(28-9)6-30-12-4-13(18(20,21)22)16-14(5-12)26-8-27-16/h4-5,7-11,28H,2-3,6H2,1H3,(H,26,27). The number of nitrogens with one attached hydrogen (secondary N) is 2. The van der Waals surface area contributed by atoms with E-state index in [1.165, 1.54) is 12.4 Å². The van der Waals surface area contributed by atoms with E-state index in [9.17, 15) is 26.3 Å². The van der Waals surface area contributed by atoms with Crippen LogP contribution < -0.4 is 10.1 Å². The van der Waals surface area contributed by atoms with Crippen molar-refractivity contribution >= 4 is 11.0 Å². The molecule has 0 aliphatic carbocycles. The lowest BCUT2D eigenvalue weighted by molar-refractivity contribution is -0.141. The zero-order valence-corrected chi connectivity index (χ0v) is 16.1. The van der Waals surface area contributed by atoms with Gasteiger partial charge in [0.1, 0.15) is 24.1 Å². The average molecular weight is 448 g/mol. The number of imidazole rings is 1. The second-order valence-corrected chi connectivity index (χ2v) is 7.58. The third-order valence-electron chi connectivity index (χ3n) is 5.14. The van der Waals surface area contributed by atoms with Gasteiger partial charge in [0.25, 0.3) is 0 Å². The van der Waals surface area contributed by atoms with Crippen LogP contribution in [0.2, 0.25) is 0 Å². The maximum Gasteiger partial charge on any atom is 0.436 e. The van der Waals surface area contributed by atoms with Crippen LogP contribution >= 0.6 is 0 Å². The first-order chi connectivity index (χ1) is 14.5. The molecule has 3 aromatic rings. The molecule has 2 N–H and O–H groups in total. The number of hydrogen-bond acceptors (Lipinski definition) is 5. The number of halogens is 6. The topological polar surface area (TPSA) is 76.0 Å². The van der Waals surface area contributed by atoms with E-state index in [1.54, 1.807) is 0 Å². The summed E-state index contributed by atoms with van der Waals surface area (Å²) < 4.78 is 89.0. The van der Waals surface area contributed by atoms with Crippen molar-refractivity contribution in [2.45, 2.75) is 50.1 Å². The van der Waals surface area contributed by atoms with Gasteiger partial charge in [0, 0.05) is 24.1 Å². The first-order valence-corrected chi connectivity index (χ1v) is 9.46. The summed E-state index contributed by atoms with van der Waals surface area (Å²) in [6.07, 6.45) is -6.57. The summed E-state index contributed by atoms with van der Waals surface area (Å²) in [5, 5.41) is 3.24. The van der Waals surface area contributed by atoms with Gasteiger partial charge < -0.3 is 19.5 Å². The summed E-state index contributed by atoms with van der Waals surface area (Å²) in [5.41, 5.74) is -2.02. The SMILES string of the molecule is CC1CC(c2nc(C(F)(F)F)co2)CC(COc2cc(C(F)(F)F)c3nc[nH]c3c2)N1. The van der Waals surface area contributed by atoms with Gasteiger partial charge in [-0.25, -0.2) is 9.97 Å². The largest absolute Gasteiger partial charge is 0.492 e. The fourth-order valence-corrected chi connectivity index (χ4v) is 3.85. The van der Waals surface area contributed by atoms with Crippen LogP contribution in [0, 0.1) is 0 Å². The predicted octanol–water partition coefficient (Wildman–Crippen LogP) is 4.89. The number of rotatable bonds is 4. The van der Waals surface area contributed by atoms with Crippen LogP contribution in [0.3, 0.4) is 0 Å². The van der Waals surface area contributed by atoms with Crippen molar-refractivity contribution in [1.29, 1.82) is 0 Å². The van der Waals surface area contributed by atoms with Gasteiger partial charge in [-0.3, -0.25) is 0 Å². The number of hydrogen-bond donors (Lipinski definition) is 2. The average Bonchev–Trinajstić information content (AvgIpc) is 3.33. The number of H-pyrrole nitrogens is 1. The molecule has 1 saturated heterocycles. The Labute approximate surface area is 172 Å². The Hall–Kier alpha value is -2.76. The highest BCUT2D eigenvalue weighted by Crippen LogP contribution is 2.37. The van der Waals surface area contributed by atoms with Crippen molar-refractivity contribution in [3.05, 3.63) is 41.9 Å². The van der Waals surface area contributed by atoms with Gasteiger partial charge in [-0.2, -0.15) is 26.3 Å². The number of oxazole rings is 1. The zero-order chi connectivity index (χ0) is 22.4. The predicted molar refractivity (Wildman–Crippen MR) is 96.5 cm³/mol. The molecule has 3 heterocycles. The molecular weight excluding hydrogens is 430 g/mol. The van der Waals surface area contributed by atoms with Crippen molar-refractivity contribution in [3.63, 3.8) is 0 Å². The van der Waals surface area contributed by atoms with Crippen LogP contribution in [0.25, 0.3) is 11.0 Å². The van der Waals surface area contributed by atoms with Gasteiger partial charge in [0.2, 0.25) is 0 Å². The number of aromatic nitrogens is 3. The Morgan fingerprint density at radius 2 is 1.90 bits per heavy atom.